The number of benzene rings is 5. The fourth-order valence-electron chi connectivity index (χ4n) is 8.89. The molecule has 0 aliphatic heterocycles. The summed E-state index contributed by atoms with van der Waals surface area (Å²) in [5.74, 6) is 0.396. The first-order valence-corrected chi connectivity index (χ1v) is 21.9. The Labute approximate surface area is 367 Å². The Hall–Kier alpha value is -7.42. The van der Waals surface area contributed by atoms with Crippen molar-refractivity contribution < 1.29 is 0 Å². The van der Waals surface area contributed by atoms with Gasteiger partial charge in [0.2, 0.25) is 0 Å². The maximum atomic E-state index is 4.38. The number of rotatable bonds is 13. The second-order valence-corrected chi connectivity index (χ2v) is 16.0. The number of hydrogen-bond donors (Lipinski definition) is 0. The second kappa shape index (κ2) is 18.9. The molecule has 0 amide bonds. The Kier molecular flexibility index (Phi) is 12.2. The van der Waals surface area contributed by atoms with Gasteiger partial charge in [0.05, 0.1) is 5.52 Å². The smallest absolute Gasteiger partial charge is 0.0534 e. The number of aromatic nitrogens is 1. The van der Waals surface area contributed by atoms with E-state index in [2.05, 4.69) is 223 Å². The van der Waals surface area contributed by atoms with E-state index in [1.807, 2.05) is 18.2 Å². The Morgan fingerprint density at radius 1 is 0.694 bits per heavy atom. The van der Waals surface area contributed by atoms with E-state index in [0.717, 1.165) is 77.0 Å². The van der Waals surface area contributed by atoms with Crippen LogP contribution in [0.3, 0.4) is 0 Å². The molecule has 1 unspecified atom stereocenters. The summed E-state index contributed by atoms with van der Waals surface area (Å²) in [5, 5.41) is 1.20. The van der Waals surface area contributed by atoms with E-state index in [1.54, 1.807) is 6.08 Å². The highest BCUT2D eigenvalue weighted by Crippen LogP contribution is 2.41. The maximum absolute atomic E-state index is 4.38. The van der Waals surface area contributed by atoms with Gasteiger partial charge in [-0.05, 0) is 137 Å². The molecular formula is C60H52N2. The summed E-state index contributed by atoms with van der Waals surface area (Å²) in [4.78, 5) is 2.47. The normalized spacial score (nSPS) is 16.6. The van der Waals surface area contributed by atoms with Crippen LogP contribution in [0.5, 0.6) is 0 Å². The van der Waals surface area contributed by atoms with Gasteiger partial charge in [0, 0.05) is 39.9 Å². The lowest BCUT2D eigenvalue weighted by atomic mass is 9.89. The van der Waals surface area contributed by atoms with Crippen LogP contribution in [-0.2, 0) is 0 Å². The van der Waals surface area contributed by atoms with Crippen molar-refractivity contribution in [2.75, 3.05) is 4.90 Å². The molecule has 302 valence electrons. The van der Waals surface area contributed by atoms with Gasteiger partial charge in [0.15, 0.2) is 0 Å². The van der Waals surface area contributed by atoms with Gasteiger partial charge in [-0.2, -0.15) is 0 Å². The van der Waals surface area contributed by atoms with Crippen LogP contribution in [0.4, 0.5) is 11.4 Å². The van der Waals surface area contributed by atoms with Gasteiger partial charge in [-0.25, -0.2) is 0 Å². The van der Waals surface area contributed by atoms with Gasteiger partial charge in [0.1, 0.15) is 0 Å². The average Bonchev–Trinajstić information content (AvgIpc) is 3.72. The summed E-state index contributed by atoms with van der Waals surface area (Å²) in [7, 11) is 0. The zero-order chi connectivity index (χ0) is 42.1. The molecule has 0 saturated heterocycles. The predicted molar refractivity (Wildman–Crippen MR) is 267 cm³/mol. The van der Waals surface area contributed by atoms with E-state index in [9.17, 15) is 0 Å². The Morgan fingerprint density at radius 2 is 1.47 bits per heavy atom. The van der Waals surface area contributed by atoms with Gasteiger partial charge in [-0.1, -0.05) is 177 Å². The predicted octanol–water partition coefficient (Wildman–Crippen LogP) is 16.3. The van der Waals surface area contributed by atoms with Gasteiger partial charge >= 0.3 is 0 Å². The zero-order valence-electron chi connectivity index (χ0n) is 35.3. The number of hydrogen-bond acceptors (Lipinski definition) is 1. The Bertz CT molecular complexity index is 2880. The van der Waals surface area contributed by atoms with Crippen LogP contribution in [0.15, 0.2) is 249 Å². The maximum Gasteiger partial charge on any atom is 0.0534 e. The largest absolute Gasteiger partial charge is 0.316 e. The molecule has 1 aromatic heterocycles. The molecule has 2 heteroatoms. The summed E-state index contributed by atoms with van der Waals surface area (Å²) < 4.78 is 2.28. The third-order valence-electron chi connectivity index (χ3n) is 12.1. The van der Waals surface area contributed by atoms with Crippen molar-refractivity contribution >= 4 is 39.5 Å². The van der Waals surface area contributed by atoms with Crippen molar-refractivity contribution in [1.82, 2.24) is 4.57 Å². The molecule has 0 radical (unpaired) electrons. The molecule has 2 nitrogen and oxygen atoms in total. The van der Waals surface area contributed by atoms with Crippen molar-refractivity contribution in [2.45, 2.75) is 32.1 Å². The van der Waals surface area contributed by atoms with Crippen LogP contribution >= 0.6 is 0 Å². The molecule has 0 saturated carbocycles. The minimum Gasteiger partial charge on any atom is -0.316 e. The minimum atomic E-state index is 0.396. The molecule has 9 rings (SSSR count). The topological polar surface area (TPSA) is 8.17 Å². The van der Waals surface area contributed by atoms with Crippen LogP contribution in [-0.4, -0.2) is 4.57 Å². The SMILES string of the molecule is C=C/C=C\C=C\C1C=CC(c2ccc(N(C3=CC=C(C4=CC=CCC4)CC3)c3ccc(/C(C=C)=C/c4cn(-c5ccccc5)c5ccccc45)c(-c4ccccc4)c3)cc2)=CC1. The number of fused-ring (bicyclic) bond motifs is 1. The molecular weight excluding hydrogens is 749 g/mol. The summed E-state index contributed by atoms with van der Waals surface area (Å²) in [5.41, 5.74) is 17.0. The number of para-hydroxylation sites is 2. The quantitative estimate of drug-likeness (QED) is 0.106. The van der Waals surface area contributed by atoms with E-state index in [0.29, 0.717) is 5.92 Å². The van der Waals surface area contributed by atoms with E-state index >= 15 is 0 Å². The Balaban J connectivity index is 1.12. The van der Waals surface area contributed by atoms with E-state index < -0.39 is 0 Å². The van der Waals surface area contributed by atoms with Crippen LogP contribution in [0.2, 0.25) is 0 Å². The first-order valence-electron chi connectivity index (χ1n) is 21.9. The number of anilines is 2. The third-order valence-corrected chi connectivity index (χ3v) is 12.1. The van der Waals surface area contributed by atoms with Gasteiger partial charge in [-0.15, -0.1) is 0 Å². The summed E-state index contributed by atoms with van der Waals surface area (Å²) >= 11 is 0. The standard InChI is InChI=1S/C60H52N2/c1-3-5-6-10-19-45-28-30-48(31-29-45)50-34-38-55(39-35-50)62(54-36-32-49(33-37-54)47-20-11-7-12-21-47)56-40-41-57(59(43-56)51-22-13-8-14-23-51)46(4-2)42-52-44-61(53-24-15-9-16-25-53)60-27-18-17-26-58(52)60/h3-11,13-20,22-28,30-32,34-36,38-45H,1-2,12,21,29,33,37H2/b6-5-,19-10+,46-42+. The van der Waals surface area contributed by atoms with Crippen molar-refractivity contribution in [1.29, 1.82) is 0 Å². The van der Waals surface area contributed by atoms with E-state index in [4.69, 9.17) is 0 Å². The Morgan fingerprint density at radius 3 is 2.19 bits per heavy atom. The molecule has 3 aliphatic rings. The molecule has 62 heavy (non-hydrogen) atoms. The highest BCUT2D eigenvalue weighted by atomic mass is 15.1. The monoisotopic (exact) mass is 800 g/mol. The van der Waals surface area contributed by atoms with Crippen molar-refractivity contribution in [3.8, 4) is 16.8 Å². The third kappa shape index (κ3) is 8.73. The van der Waals surface area contributed by atoms with Crippen LogP contribution in [0.25, 0.3) is 44.9 Å². The molecule has 0 N–H and O–H groups in total. The number of allylic oxidation sites excluding steroid dienone is 19. The average molecular weight is 801 g/mol. The first-order chi connectivity index (χ1) is 30.7. The molecule has 0 fully saturated rings. The summed E-state index contributed by atoms with van der Waals surface area (Å²) in [6.07, 6.45) is 40.3. The first kappa shape index (κ1) is 40.0. The molecule has 0 spiro atoms. The summed E-state index contributed by atoms with van der Waals surface area (Å²) in [6, 6.07) is 46.1. The molecule has 5 aromatic carbocycles. The highest BCUT2D eigenvalue weighted by Gasteiger charge is 2.22. The molecule has 3 aliphatic carbocycles. The fourth-order valence-corrected chi connectivity index (χ4v) is 8.89. The zero-order valence-corrected chi connectivity index (χ0v) is 35.3. The van der Waals surface area contributed by atoms with Crippen molar-refractivity contribution in [3.05, 3.63) is 265 Å². The lowest BCUT2D eigenvalue weighted by Gasteiger charge is -2.31. The van der Waals surface area contributed by atoms with Crippen molar-refractivity contribution in [2.24, 2.45) is 5.92 Å². The highest BCUT2D eigenvalue weighted by molar-refractivity contribution is 6.00. The molecule has 1 atom stereocenters. The van der Waals surface area contributed by atoms with Crippen molar-refractivity contribution in [3.63, 3.8) is 0 Å². The second-order valence-electron chi connectivity index (χ2n) is 16.0. The van der Waals surface area contributed by atoms with Crippen LogP contribution in [0, 0.1) is 5.92 Å². The van der Waals surface area contributed by atoms with Gasteiger partial charge in [-0.3, -0.25) is 0 Å². The number of nitrogens with zero attached hydrogens (tertiary/aromatic N) is 2. The minimum absolute atomic E-state index is 0.396. The molecule has 1 heterocycles. The lowest BCUT2D eigenvalue weighted by Crippen LogP contribution is -2.18. The van der Waals surface area contributed by atoms with Crippen LogP contribution < -0.4 is 4.90 Å². The summed E-state index contributed by atoms with van der Waals surface area (Å²) in [6.45, 7) is 8.14. The van der Waals surface area contributed by atoms with E-state index in [-0.39, 0.29) is 0 Å². The van der Waals surface area contributed by atoms with Gasteiger partial charge < -0.3 is 9.47 Å². The molecule has 6 aromatic rings. The van der Waals surface area contributed by atoms with Crippen LogP contribution in [0.1, 0.15) is 48.8 Å². The lowest BCUT2D eigenvalue weighted by molar-refractivity contribution is 0.825. The molecule has 0 bridgehead atoms. The van der Waals surface area contributed by atoms with E-state index in [1.165, 1.54) is 38.9 Å². The van der Waals surface area contributed by atoms with Gasteiger partial charge in [0.25, 0.3) is 0 Å². The fraction of sp³-hybridized carbons (Fsp3) is 0.100.